The molecule has 3 heterocycles. The van der Waals surface area contributed by atoms with Crippen molar-refractivity contribution in [2.75, 3.05) is 13.7 Å². The lowest BCUT2D eigenvalue weighted by molar-refractivity contribution is 0.0602. The maximum Gasteiger partial charge on any atom is 0.509 e. The van der Waals surface area contributed by atoms with E-state index in [2.05, 4.69) is 9.97 Å². The molecule has 1 saturated heterocycles. The number of hydrogen-bond donors (Lipinski definition) is 0. The van der Waals surface area contributed by atoms with Crippen LogP contribution >= 0.6 is 0 Å². The third kappa shape index (κ3) is 3.09. The van der Waals surface area contributed by atoms with Crippen LogP contribution in [-0.4, -0.2) is 46.0 Å². The lowest BCUT2D eigenvalue weighted by Crippen LogP contribution is -2.23. The van der Waals surface area contributed by atoms with Crippen molar-refractivity contribution in [2.45, 2.75) is 12.5 Å². The summed E-state index contributed by atoms with van der Waals surface area (Å²) in [6, 6.07) is 8.91. The van der Waals surface area contributed by atoms with Crippen LogP contribution in [0.2, 0.25) is 0 Å². The molecule has 1 aliphatic rings. The minimum Gasteiger partial charge on any atom is -0.465 e. The highest BCUT2D eigenvalue weighted by Gasteiger charge is 2.35. The summed E-state index contributed by atoms with van der Waals surface area (Å²) < 4.78 is 16.8. The molecule has 0 aliphatic carbocycles. The lowest BCUT2D eigenvalue weighted by atomic mass is 10.1. The largest absolute Gasteiger partial charge is 0.509 e. The molecule has 3 aromatic rings. The van der Waals surface area contributed by atoms with Crippen LogP contribution in [-0.2, 0) is 14.2 Å². The van der Waals surface area contributed by atoms with E-state index in [1.807, 2.05) is 16.7 Å². The molecule has 8 heteroatoms. The number of hydrogen-bond acceptors (Lipinski definition) is 7. The van der Waals surface area contributed by atoms with Crippen LogP contribution in [0.25, 0.3) is 22.9 Å². The van der Waals surface area contributed by atoms with Crippen LogP contribution in [0.15, 0.2) is 48.8 Å². The van der Waals surface area contributed by atoms with Crippen molar-refractivity contribution in [3.63, 3.8) is 0 Å². The molecule has 1 fully saturated rings. The summed E-state index contributed by atoms with van der Waals surface area (Å²) in [7, 11) is 1.34. The van der Waals surface area contributed by atoms with Gasteiger partial charge in [0.1, 0.15) is 6.61 Å². The molecule has 0 amide bonds. The van der Waals surface area contributed by atoms with Gasteiger partial charge in [0.15, 0.2) is 5.60 Å². The van der Waals surface area contributed by atoms with Crippen molar-refractivity contribution in [2.24, 2.45) is 0 Å². The fraction of sp³-hybridized carbons (Fsp3) is 0.200. The maximum absolute atomic E-state index is 12.2. The van der Waals surface area contributed by atoms with Crippen molar-refractivity contribution in [3.8, 4) is 5.95 Å². The SMILES string of the molecule is COC(=O)c1cccc2c1cc(/C=C/C1(C)COC(=O)O1)n2-c1ncccn1. The predicted molar refractivity (Wildman–Crippen MR) is 100 cm³/mol. The third-order valence-electron chi connectivity index (χ3n) is 4.43. The Balaban J connectivity index is 1.89. The molecule has 0 bridgehead atoms. The topological polar surface area (TPSA) is 92.5 Å². The number of nitrogens with zero attached hydrogens (tertiary/aromatic N) is 3. The van der Waals surface area contributed by atoms with E-state index in [0.29, 0.717) is 22.6 Å². The lowest BCUT2D eigenvalue weighted by Gasteiger charge is -2.14. The summed E-state index contributed by atoms with van der Waals surface area (Å²) >= 11 is 0. The van der Waals surface area contributed by atoms with E-state index >= 15 is 0 Å². The van der Waals surface area contributed by atoms with Gasteiger partial charge >= 0.3 is 12.1 Å². The highest BCUT2D eigenvalue weighted by atomic mass is 16.8. The van der Waals surface area contributed by atoms with Gasteiger partial charge in [-0.1, -0.05) is 6.07 Å². The van der Waals surface area contributed by atoms with Crippen LogP contribution in [0.4, 0.5) is 4.79 Å². The first-order valence-electron chi connectivity index (χ1n) is 8.56. The number of carbonyl (C=O) groups excluding carboxylic acids is 2. The molecule has 0 spiro atoms. The minimum absolute atomic E-state index is 0.123. The Kier molecular flexibility index (Phi) is 4.31. The van der Waals surface area contributed by atoms with Gasteiger partial charge in [0, 0.05) is 23.5 Å². The summed E-state index contributed by atoms with van der Waals surface area (Å²) in [4.78, 5) is 32.1. The fourth-order valence-corrected chi connectivity index (χ4v) is 3.09. The van der Waals surface area contributed by atoms with Gasteiger partial charge in [-0.25, -0.2) is 19.6 Å². The van der Waals surface area contributed by atoms with Crippen LogP contribution in [0.1, 0.15) is 23.0 Å². The molecule has 1 aliphatic heterocycles. The number of esters is 1. The molecule has 28 heavy (non-hydrogen) atoms. The fourth-order valence-electron chi connectivity index (χ4n) is 3.09. The summed E-state index contributed by atoms with van der Waals surface area (Å²) in [6.45, 7) is 1.87. The third-order valence-corrected chi connectivity index (χ3v) is 4.43. The van der Waals surface area contributed by atoms with E-state index in [-0.39, 0.29) is 6.61 Å². The molecule has 2 aromatic heterocycles. The average Bonchev–Trinajstić information content (AvgIpc) is 3.26. The molecule has 0 saturated carbocycles. The number of benzene rings is 1. The van der Waals surface area contributed by atoms with Crippen LogP contribution in [0.5, 0.6) is 0 Å². The van der Waals surface area contributed by atoms with E-state index in [4.69, 9.17) is 14.2 Å². The highest BCUT2D eigenvalue weighted by molar-refractivity contribution is 6.05. The van der Waals surface area contributed by atoms with Crippen LogP contribution in [0.3, 0.4) is 0 Å². The quantitative estimate of drug-likeness (QED) is 0.643. The standard InChI is InChI=1S/C20H17N3O5/c1-20(12-27-19(25)28-20)8-7-13-11-15-14(17(24)26-2)5-3-6-16(15)23(13)18-21-9-4-10-22-18/h3-11H,12H2,1-2H3/b8-7+. The number of aromatic nitrogens is 3. The first kappa shape index (κ1) is 17.7. The van der Waals surface area contributed by atoms with Crippen molar-refractivity contribution >= 4 is 29.1 Å². The van der Waals surface area contributed by atoms with E-state index in [9.17, 15) is 9.59 Å². The molecular weight excluding hydrogens is 362 g/mol. The van der Waals surface area contributed by atoms with Crippen molar-refractivity contribution < 1.29 is 23.8 Å². The van der Waals surface area contributed by atoms with E-state index in [1.165, 1.54) is 7.11 Å². The maximum atomic E-state index is 12.2. The van der Waals surface area contributed by atoms with Gasteiger partial charge in [-0.15, -0.1) is 0 Å². The number of methoxy groups -OCH3 is 1. The Morgan fingerprint density at radius 2 is 2.07 bits per heavy atom. The molecular formula is C20H17N3O5. The average molecular weight is 379 g/mol. The molecule has 1 atom stereocenters. The van der Waals surface area contributed by atoms with Crippen molar-refractivity contribution in [3.05, 3.63) is 60.1 Å². The Morgan fingerprint density at radius 3 is 2.75 bits per heavy atom. The molecule has 1 unspecified atom stereocenters. The second-order valence-electron chi connectivity index (χ2n) is 6.47. The van der Waals surface area contributed by atoms with Gasteiger partial charge in [0.2, 0.25) is 5.95 Å². The normalized spacial score (nSPS) is 19.0. The molecule has 0 radical (unpaired) electrons. The Hall–Kier alpha value is -3.68. The number of carbonyl (C=O) groups is 2. The van der Waals surface area contributed by atoms with E-state index < -0.39 is 17.7 Å². The zero-order valence-electron chi connectivity index (χ0n) is 15.3. The van der Waals surface area contributed by atoms with Gasteiger partial charge < -0.3 is 14.2 Å². The smallest absolute Gasteiger partial charge is 0.465 e. The summed E-state index contributed by atoms with van der Waals surface area (Å²) in [5.41, 5.74) is 1.02. The number of cyclic esters (lactones) is 2. The molecule has 0 N–H and O–H groups in total. The van der Waals surface area contributed by atoms with Gasteiger partial charge in [-0.2, -0.15) is 0 Å². The Bertz CT molecular complexity index is 1090. The summed E-state index contributed by atoms with van der Waals surface area (Å²) in [5, 5.41) is 0.700. The van der Waals surface area contributed by atoms with Gasteiger partial charge in [-0.3, -0.25) is 4.57 Å². The summed E-state index contributed by atoms with van der Waals surface area (Å²) in [6.07, 6.45) is 6.11. The van der Waals surface area contributed by atoms with Crippen LogP contribution in [0, 0.1) is 0 Å². The second kappa shape index (κ2) is 6.80. The zero-order chi connectivity index (χ0) is 19.7. The van der Waals surface area contributed by atoms with E-state index in [0.717, 1.165) is 5.52 Å². The second-order valence-corrected chi connectivity index (χ2v) is 6.47. The number of rotatable bonds is 4. The molecule has 142 valence electrons. The van der Waals surface area contributed by atoms with Gasteiger partial charge in [0.05, 0.1) is 18.2 Å². The van der Waals surface area contributed by atoms with Gasteiger partial charge in [0.25, 0.3) is 0 Å². The van der Waals surface area contributed by atoms with E-state index in [1.54, 1.807) is 49.7 Å². The molecule has 1 aromatic carbocycles. The Labute approximate surface area is 160 Å². The first-order chi connectivity index (χ1) is 13.5. The molecule has 8 nitrogen and oxygen atoms in total. The zero-order valence-corrected chi connectivity index (χ0v) is 15.3. The first-order valence-corrected chi connectivity index (χ1v) is 8.56. The minimum atomic E-state index is -0.874. The predicted octanol–water partition coefficient (Wildman–Crippen LogP) is 3.15. The van der Waals surface area contributed by atoms with Crippen LogP contribution < -0.4 is 0 Å². The Morgan fingerprint density at radius 1 is 1.29 bits per heavy atom. The van der Waals surface area contributed by atoms with Gasteiger partial charge in [-0.05, 0) is 43.3 Å². The molecule has 4 rings (SSSR count). The highest BCUT2D eigenvalue weighted by Crippen LogP contribution is 2.29. The summed E-state index contributed by atoms with van der Waals surface area (Å²) in [5.74, 6) is 0.0151. The number of fused-ring (bicyclic) bond motifs is 1. The monoisotopic (exact) mass is 379 g/mol. The van der Waals surface area contributed by atoms with Crippen molar-refractivity contribution in [1.82, 2.24) is 14.5 Å². The van der Waals surface area contributed by atoms with Crippen molar-refractivity contribution in [1.29, 1.82) is 0 Å². The number of ether oxygens (including phenoxy) is 3.